The molecule has 0 aliphatic carbocycles. The molecule has 0 bridgehead atoms. The van der Waals surface area contributed by atoms with E-state index < -0.39 is 0 Å². The summed E-state index contributed by atoms with van der Waals surface area (Å²) in [6.07, 6.45) is 3.26. The molecule has 0 aliphatic rings. The van der Waals surface area contributed by atoms with Gasteiger partial charge in [0, 0.05) is 34.0 Å². The summed E-state index contributed by atoms with van der Waals surface area (Å²) in [5, 5.41) is 9.02. The third-order valence-corrected chi connectivity index (χ3v) is 3.70. The predicted molar refractivity (Wildman–Crippen MR) is 89.0 cm³/mol. The molecule has 1 amide bonds. The van der Waals surface area contributed by atoms with Gasteiger partial charge in [0.2, 0.25) is 0 Å². The van der Waals surface area contributed by atoms with E-state index in [0.29, 0.717) is 16.4 Å². The molecule has 2 aromatic heterocycles. The minimum atomic E-state index is -0.252. The van der Waals surface area contributed by atoms with Crippen LogP contribution >= 0.6 is 22.9 Å². The third kappa shape index (κ3) is 3.60. The highest BCUT2D eigenvalue weighted by atomic mass is 35.5. The highest BCUT2D eigenvalue weighted by Gasteiger charge is 2.08. The molecule has 2 heterocycles. The molecule has 3 rings (SSSR count). The molecule has 5 nitrogen and oxygen atoms in total. The number of hydrogen-bond acceptors (Lipinski definition) is 5. The second kappa shape index (κ2) is 6.55. The molecule has 0 spiro atoms. The van der Waals surface area contributed by atoms with E-state index in [1.165, 1.54) is 11.3 Å². The lowest BCUT2D eigenvalue weighted by Crippen LogP contribution is -2.13. The van der Waals surface area contributed by atoms with Crippen molar-refractivity contribution in [2.75, 3.05) is 10.6 Å². The van der Waals surface area contributed by atoms with Gasteiger partial charge in [-0.1, -0.05) is 17.7 Å². The van der Waals surface area contributed by atoms with Gasteiger partial charge in [-0.25, -0.2) is 9.97 Å². The first-order chi connectivity index (χ1) is 10.7. The normalized spacial score (nSPS) is 10.2. The van der Waals surface area contributed by atoms with Crippen molar-refractivity contribution >= 4 is 45.5 Å². The predicted octanol–water partition coefficient (Wildman–Crippen LogP) is 4.19. The van der Waals surface area contributed by atoms with E-state index in [-0.39, 0.29) is 5.91 Å². The van der Waals surface area contributed by atoms with Crippen LogP contribution in [-0.2, 0) is 0 Å². The van der Waals surface area contributed by atoms with Crippen LogP contribution in [0.25, 0.3) is 0 Å². The Bertz CT molecular complexity index is 792. The Morgan fingerprint density at radius 2 is 2.05 bits per heavy atom. The van der Waals surface area contributed by atoms with Gasteiger partial charge in [-0.2, -0.15) is 0 Å². The number of halogens is 1. The molecule has 1 aromatic carbocycles. The highest BCUT2D eigenvalue weighted by Crippen LogP contribution is 2.20. The molecule has 110 valence electrons. The lowest BCUT2D eigenvalue weighted by atomic mass is 10.2. The van der Waals surface area contributed by atoms with Crippen LogP contribution < -0.4 is 10.6 Å². The summed E-state index contributed by atoms with van der Waals surface area (Å²) in [7, 11) is 0. The number of nitrogens with one attached hydrogen (secondary N) is 2. The quantitative estimate of drug-likeness (QED) is 0.752. The average molecular weight is 331 g/mol. The first-order valence-electron chi connectivity index (χ1n) is 6.40. The van der Waals surface area contributed by atoms with Gasteiger partial charge in [0.25, 0.3) is 5.91 Å². The third-order valence-electron chi connectivity index (χ3n) is 2.77. The SMILES string of the molecule is O=C(Nc1cc(Cl)ccn1)c1cccc(Nc2nccs2)c1. The fraction of sp³-hybridized carbons (Fsp3) is 0. The Balaban J connectivity index is 1.75. The summed E-state index contributed by atoms with van der Waals surface area (Å²) in [4.78, 5) is 20.4. The second-order valence-corrected chi connectivity index (χ2v) is 5.69. The molecular weight excluding hydrogens is 320 g/mol. The number of aromatic nitrogens is 2. The Labute approximate surface area is 136 Å². The van der Waals surface area contributed by atoms with Gasteiger partial charge in [-0.05, 0) is 30.3 Å². The zero-order chi connectivity index (χ0) is 15.4. The number of carbonyl (C=O) groups excluding carboxylic acids is 1. The van der Waals surface area contributed by atoms with E-state index in [0.717, 1.165) is 10.8 Å². The molecule has 22 heavy (non-hydrogen) atoms. The van der Waals surface area contributed by atoms with Crippen molar-refractivity contribution in [3.8, 4) is 0 Å². The summed E-state index contributed by atoms with van der Waals surface area (Å²) >= 11 is 7.36. The highest BCUT2D eigenvalue weighted by molar-refractivity contribution is 7.13. The number of amides is 1. The molecular formula is C15H11ClN4OS. The topological polar surface area (TPSA) is 66.9 Å². The molecule has 0 saturated carbocycles. The van der Waals surface area contributed by atoms with Crippen molar-refractivity contribution in [1.82, 2.24) is 9.97 Å². The number of benzene rings is 1. The van der Waals surface area contributed by atoms with E-state index in [2.05, 4.69) is 20.6 Å². The molecule has 3 aromatic rings. The van der Waals surface area contributed by atoms with Crippen molar-refractivity contribution in [3.63, 3.8) is 0 Å². The van der Waals surface area contributed by atoms with Crippen LogP contribution in [0, 0.1) is 0 Å². The Morgan fingerprint density at radius 1 is 1.14 bits per heavy atom. The Hall–Kier alpha value is -2.44. The van der Waals surface area contributed by atoms with Crippen molar-refractivity contribution < 1.29 is 4.79 Å². The fourth-order valence-electron chi connectivity index (χ4n) is 1.81. The van der Waals surface area contributed by atoms with Crippen LogP contribution in [0.2, 0.25) is 5.02 Å². The van der Waals surface area contributed by atoms with E-state index in [1.807, 2.05) is 11.4 Å². The molecule has 0 radical (unpaired) electrons. The lowest BCUT2D eigenvalue weighted by Gasteiger charge is -2.07. The molecule has 0 aliphatic heterocycles. The number of pyridine rings is 1. The van der Waals surface area contributed by atoms with Crippen molar-refractivity contribution in [2.24, 2.45) is 0 Å². The summed E-state index contributed by atoms with van der Waals surface area (Å²) < 4.78 is 0. The minimum Gasteiger partial charge on any atom is -0.332 e. The summed E-state index contributed by atoms with van der Waals surface area (Å²) in [5.74, 6) is 0.161. The van der Waals surface area contributed by atoms with Gasteiger partial charge in [0.15, 0.2) is 5.13 Å². The van der Waals surface area contributed by atoms with Gasteiger partial charge < -0.3 is 10.6 Å². The van der Waals surface area contributed by atoms with Crippen LogP contribution in [-0.4, -0.2) is 15.9 Å². The standard InChI is InChI=1S/C15H11ClN4OS/c16-11-4-5-17-13(9-11)20-14(21)10-2-1-3-12(8-10)19-15-18-6-7-22-15/h1-9H,(H,18,19)(H,17,20,21). The molecule has 0 fully saturated rings. The maximum atomic E-state index is 12.2. The second-order valence-electron chi connectivity index (χ2n) is 4.36. The van der Waals surface area contributed by atoms with Gasteiger partial charge in [-0.3, -0.25) is 4.79 Å². The van der Waals surface area contributed by atoms with Crippen molar-refractivity contribution in [3.05, 3.63) is 64.8 Å². The maximum Gasteiger partial charge on any atom is 0.256 e. The van der Waals surface area contributed by atoms with E-state index >= 15 is 0 Å². The molecule has 0 atom stereocenters. The first-order valence-corrected chi connectivity index (χ1v) is 7.66. The van der Waals surface area contributed by atoms with E-state index in [4.69, 9.17) is 11.6 Å². The lowest BCUT2D eigenvalue weighted by molar-refractivity contribution is 0.102. The van der Waals surface area contributed by atoms with Gasteiger partial charge in [0.1, 0.15) is 5.82 Å². The van der Waals surface area contributed by atoms with Gasteiger partial charge in [-0.15, -0.1) is 11.3 Å². The largest absolute Gasteiger partial charge is 0.332 e. The smallest absolute Gasteiger partial charge is 0.256 e. The Kier molecular flexibility index (Phi) is 4.32. The summed E-state index contributed by atoms with van der Waals surface area (Å²) in [6.45, 7) is 0. The van der Waals surface area contributed by atoms with Crippen LogP contribution in [0.15, 0.2) is 54.2 Å². The minimum absolute atomic E-state index is 0.252. The van der Waals surface area contributed by atoms with Crippen LogP contribution in [0.5, 0.6) is 0 Å². The molecule has 0 unspecified atom stereocenters. The maximum absolute atomic E-state index is 12.2. The van der Waals surface area contributed by atoms with Crippen LogP contribution in [0.4, 0.5) is 16.6 Å². The van der Waals surface area contributed by atoms with Crippen molar-refractivity contribution in [1.29, 1.82) is 0 Å². The number of nitrogens with zero attached hydrogens (tertiary/aromatic N) is 2. The zero-order valence-corrected chi connectivity index (χ0v) is 12.9. The van der Waals surface area contributed by atoms with Gasteiger partial charge >= 0.3 is 0 Å². The Morgan fingerprint density at radius 3 is 2.82 bits per heavy atom. The number of rotatable bonds is 4. The fourth-order valence-corrected chi connectivity index (χ4v) is 2.52. The summed E-state index contributed by atoms with van der Waals surface area (Å²) in [6, 6.07) is 10.4. The van der Waals surface area contributed by atoms with E-state index in [1.54, 1.807) is 42.7 Å². The first kappa shape index (κ1) is 14.5. The number of anilines is 3. The zero-order valence-electron chi connectivity index (χ0n) is 11.3. The summed E-state index contributed by atoms with van der Waals surface area (Å²) in [5.41, 5.74) is 1.31. The molecule has 0 saturated heterocycles. The monoisotopic (exact) mass is 330 g/mol. The molecule has 7 heteroatoms. The average Bonchev–Trinajstić information content (AvgIpc) is 3.00. The van der Waals surface area contributed by atoms with Crippen LogP contribution in [0.3, 0.4) is 0 Å². The number of thiazole rings is 1. The van der Waals surface area contributed by atoms with Gasteiger partial charge in [0.05, 0.1) is 0 Å². The van der Waals surface area contributed by atoms with Crippen LogP contribution in [0.1, 0.15) is 10.4 Å². The molecule has 2 N–H and O–H groups in total. The van der Waals surface area contributed by atoms with E-state index in [9.17, 15) is 4.79 Å². The number of carbonyl (C=O) groups is 1. The number of hydrogen-bond donors (Lipinski definition) is 2. The van der Waals surface area contributed by atoms with Crippen molar-refractivity contribution in [2.45, 2.75) is 0 Å².